The number of amides is 1. The van der Waals surface area contributed by atoms with Crippen LogP contribution < -0.4 is 5.32 Å². The Morgan fingerprint density at radius 3 is 2.71 bits per heavy atom. The van der Waals surface area contributed by atoms with Crippen molar-refractivity contribution in [2.45, 2.75) is 77.5 Å². The highest BCUT2D eigenvalue weighted by Gasteiger charge is 2.30. The van der Waals surface area contributed by atoms with Gasteiger partial charge in [0, 0.05) is 25.2 Å². The minimum absolute atomic E-state index is 0.144. The van der Waals surface area contributed by atoms with Gasteiger partial charge in [-0.3, -0.25) is 0 Å². The van der Waals surface area contributed by atoms with E-state index in [1.165, 1.54) is 6.42 Å². The molecule has 1 heterocycles. The highest BCUT2D eigenvalue weighted by atomic mass is 16.6. The van der Waals surface area contributed by atoms with Crippen LogP contribution in [0, 0.1) is 0 Å². The number of carbonyl (C=O) groups excluding carboxylic acids is 1. The largest absolute Gasteiger partial charge is 0.444 e. The van der Waals surface area contributed by atoms with Crippen molar-refractivity contribution < 1.29 is 14.6 Å². The summed E-state index contributed by atoms with van der Waals surface area (Å²) in [5, 5.41) is 12.2. The van der Waals surface area contributed by atoms with Crippen LogP contribution in [-0.2, 0) is 4.74 Å². The van der Waals surface area contributed by atoms with E-state index in [2.05, 4.69) is 12.2 Å². The molecular formula is C16H32N2O3. The number of aliphatic hydroxyl groups excluding tert-OH is 1. The van der Waals surface area contributed by atoms with Crippen molar-refractivity contribution in [3.8, 4) is 0 Å². The van der Waals surface area contributed by atoms with E-state index in [1.807, 2.05) is 25.7 Å². The Bertz CT molecular complexity index is 315. The van der Waals surface area contributed by atoms with Crippen molar-refractivity contribution in [1.29, 1.82) is 0 Å². The van der Waals surface area contributed by atoms with Gasteiger partial charge in [0.05, 0.1) is 6.61 Å². The zero-order chi connectivity index (χ0) is 15.9. The molecule has 2 atom stereocenters. The van der Waals surface area contributed by atoms with E-state index in [-0.39, 0.29) is 24.8 Å². The molecule has 1 aliphatic heterocycles. The van der Waals surface area contributed by atoms with Crippen molar-refractivity contribution >= 4 is 6.09 Å². The van der Waals surface area contributed by atoms with Crippen LogP contribution >= 0.6 is 0 Å². The van der Waals surface area contributed by atoms with Crippen LogP contribution in [-0.4, -0.2) is 53.5 Å². The SMILES string of the molecule is CC(CC1CCCCCN1C(=O)OC(C)(C)C)NCCO. The molecule has 2 unspecified atom stereocenters. The van der Waals surface area contributed by atoms with Gasteiger partial charge in [0.2, 0.25) is 0 Å². The summed E-state index contributed by atoms with van der Waals surface area (Å²) in [6.07, 6.45) is 5.13. The molecule has 1 aliphatic rings. The fourth-order valence-electron chi connectivity index (χ4n) is 2.79. The fourth-order valence-corrected chi connectivity index (χ4v) is 2.79. The number of hydrogen-bond acceptors (Lipinski definition) is 4. The van der Waals surface area contributed by atoms with Crippen LogP contribution in [0.2, 0.25) is 0 Å². The Labute approximate surface area is 129 Å². The predicted octanol–water partition coefficient (Wildman–Crippen LogP) is 2.53. The summed E-state index contributed by atoms with van der Waals surface area (Å²) in [6.45, 7) is 9.35. The average Bonchev–Trinajstić information content (AvgIpc) is 2.59. The Morgan fingerprint density at radius 1 is 1.38 bits per heavy atom. The molecule has 2 N–H and O–H groups in total. The number of carbonyl (C=O) groups is 1. The maximum absolute atomic E-state index is 12.4. The van der Waals surface area contributed by atoms with E-state index in [9.17, 15) is 4.79 Å². The number of ether oxygens (including phenoxy) is 1. The van der Waals surface area contributed by atoms with E-state index in [1.54, 1.807) is 0 Å². The smallest absolute Gasteiger partial charge is 0.410 e. The molecule has 124 valence electrons. The second-order valence-corrected chi connectivity index (χ2v) is 6.99. The molecule has 21 heavy (non-hydrogen) atoms. The first-order chi connectivity index (χ1) is 9.83. The quantitative estimate of drug-likeness (QED) is 0.819. The maximum atomic E-state index is 12.4. The van der Waals surface area contributed by atoms with Crippen molar-refractivity contribution in [1.82, 2.24) is 10.2 Å². The lowest BCUT2D eigenvalue weighted by atomic mass is 10.0. The first-order valence-electron chi connectivity index (χ1n) is 8.17. The van der Waals surface area contributed by atoms with E-state index in [0.29, 0.717) is 6.54 Å². The van der Waals surface area contributed by atoms with Crippen molar-refractivity contribution in [2.24, 2.45) is 0 Å². The predicted molar refractivity (Wildman–Crippen MR) is 84.4 cm³/mol. The molecule has 0 bridgehead atoms. The molecule has 0 aromatic heterocycles. The van der Waals surface area contributed by atoms with Crippen LogP contribution in [0.1, 0.15) is 59.8 Å². The van der Waals surface area contributed by atoms with E-state index in [0.717, 1.165) is 32.2 Å². The third-order valence-electron chi connectivity index (χ3n) is 3.74. The van der Waals surface area contributed by atoms with Crippen molar-refractivity contribution in [3.63, 3.8) is 0 Å². The molecule has 0 spiro atoms. The second-order valence-electron chi connectivity index (χ2n) is 6.99. The normalized spacial score (nSPS) is 21.8. The lowest BCUT2D eigenvalue weighted by Gasteiger charge is -2.33. The summed E-state index contributed by atoms with van der Waals surface area (Å²) in [6, 6.07) is 0.508. The molecule has 0 aromatic rings. The topological polar surface area (TPSA) is 61.8 Å². The average molecular weight is 300 g/mol. The lowest BCUT2D eigenvalue weighted by molar-refractivity contribution is 0.0150. The zero-order valence-corrected chi connectivity index (χ0v) is 14.0. The molecule has 5 heteroatoms. The highest BCUT2D eigenvalue weighted by molar-refractivity contribution is 5.68. The van der Waals surface area contributed by atoms with Gasteiger partial charge in [0.1, 0.15) is 5.60 Å². The Balaban J connectivity index is 2.64. The van der Waals surface area contributed by atoms with Gasteiger partial charge in [0.15, 0.2) is 0 Å². The molecule has 1 saturated heterocycles. The number of likely N-dealkylation sites (tertiary alicyclic amines) is 1. The third-order valence-corrected chi connectivity index (χ3v) is 3.74. The Kier molecular flexibility index (Phi) is 7.46. The first-order valence-corrected chi connectivity index (χ1v) is 8.17. The van der Waals surface area contributed by atoms with E-state index < -0.39 is 5.60 Å². The molecule has 0 aliphatic carbocycles. The monoisotopic (exact) mass is 300 g/mol. The van der Waals surface area contributed by atoms with Crippen molar-refractivity contribution in [3.05, 3.63) is 0 Å². The third kappa shape index (κ3) is 7.14. The van der Waals surface area contributed by atoms with E-state index in [4.69, 9.17) is 9.84 Å². The van der Waals surface area contributed by atoms with Crippen LogP contribution in [0.25, 0.3) is 0 Å². The van der Waals surface area contributed by atoms with Gasteiger partial charge in [-0.2, -0.15) is 0 Å². The van der Waals surface area contributed by atoms with E-state index >= 15 is 0 Å². The number of aliphatic hydroxyl groups is 1. The van der Waals surface area contributed by atoms with Crippen molar-refractivity contribution in [2.75, 3.05) is 19.7 Å². The van der Waals surface area contributed by atoms with Crippen LogP contribution in [0.3, 0.4) is 0 Å². The maximum Gasteiger partial charge on any atom is 0.410 e. The number of hydrogen-bond donors (Lipinski definition) is 2. The van der Waals surface area contributed by atoms with Crippen LogP contribution in [0.15, 0.2) is 0 Å². The van der Waals surface area contributed by atoms with Crippen LogP contribution in [0.5, 0.6) is 0 Å². The Hall–Kier alpha value is -0.810. The minimum atomic E-state index is -0.450. The molecule has 0 saturated carbocycles. The summed E-state index contributed by atoms with van der Waals surface area (Å²) in [5.74, 6) is 0. The number of nitrogens with zero attached hydrogens (tertiary/aromatic N) is 1. The summed E-state index contributed by atoms with van der Waals surface area (Å²) in [7, 11) is 0. The van der Waals surface area contributed by atoms with Gasteiger partial charge in [-0.15, -0.1) is 0 Å². The zero-order valence-electron chi connectivity index (χ0n) is 14.0. The second kappa shape index (κ2) is 8.59. The molecule has 0 aromatic carbocycles. The van der Waals surface area contributed by atoms with Gasteiger partial charge in [0.25, 0.3) is 0 Å². The highest BCUT2D eigenvalue weighted by Crippen LogP contribution is 2.23. The molecular weight excluding hydrogens is 268 g/mol. The number of nitrogens with one attached hydrogen (secondary N) is 1. The molecule has 0 radical (unpaired) electrons. The number of rotatable bonds is 5. The summed E-state index contributed by atoms with van der Waals surface area (Å²) in [4.78, 5) is 14.3. The lowest BCUT2D eigenvalue weighted by Crippen LogP contribution is -2.46. The molecule has 5 nitrogen and oxygen atoms in total. The molecule has 1 amide bonds. The summed E-state index contributed by atoms with van der Waals surface area (Å²) < 4.78 is 5.55. The van der Waals surface area contributed by atoms with Gasteiger partial charge < -0.3 is 20.1 Å². The first kappa shape index (κ1) is 18.2. The van der Waals surface area contributed by atoms with Gasteiger partial charge in [-0.1, -0.05) is 12.8 Å². The molecule has 1 rings (SSSR count). The summed E-state index contributed by atoms with van der Waals surface area (Å²) >= 11 is 0. The van der Waals surface area contributed by atoms with Gasteiger partial charge >= 0.3 is 6.09 Å². The fraction of sp³-hybridized carbons (Fsp3) is 0.938. The minimum Gasteiger partial charge on any atom is -0.444 e. The van der Waals surface area contributed by atoms with Gasteiger partial charge in [-0.05, 0) is 47.0 Å². The Morgan fingerprint density at radius 2 is 2.10 bits per heavy atom. The van der Waals surface area contributed by atoms with Gasteiger partial charge in [-0.25, -0.2) is 4.79 Å². The standard InChI is InChI=1S/C16H32N2O3/c1-13(17-9-11-19)12-14-8-6-5-7-10-18(14)15(20)21-16(2,3)4/h13-14,17,19H,5-12H2,1-4H3. The molecule has 1 fully saturated rings. The summed E-state index contributed by atoms with van der Waals surface area (Å²) in [5.41, 5.74) is -0.450. The van der Waals surface area contributed by atoms with Crippen LogP contribution in [0.4, 0.5) is 4.79 Å².